The van der Waals surface area contributed by atoms with E-state index in [1.807, 2.05) is 0 Å². The number of amides is 3. The van der Waals surface area contributed by atoms with Gasteiger partial charge in [0.1, 0.15) is 6.54 Å². The highest BCUT2D eigenvalue weighted by Gasteiger charge is 2.37. The summed E-state index contributed by atoms with van der Waals surface area (Å²) in [7, 11) is 0. The SMILES string of the molecule is NCc1cnccc1CN1CC(=O)N(c2ccc(SC(F)(F)F)cc2)C1=O. The van der Waals surface area contributed by atoms with E-state index in [2.05, 4.69) is 4.98 Å². The number of urea groups is 1. The average Bonchev–Trinajstić information content (AvgIpc) is 2.88. The minimum Gasteiger partial charge on any atom is -0.326 e. The molecular weight excluding hydrogens is 381 g/mol. The van der Waals surface area contributed by atoms with Crippen molar-refractivity contribution < 1.29 is 22.8 Å². The lowest BCUT2D eigenvalue weighted by molar-refractivity contribution is -0.116. The van der Waals surface area contributed by atoms with Crippen LogP contribution in [-0.4, -0.2) is 33.9 Å². The molecule has 1 saturated heterocycles. The Bertz CT molecular complexity index is 858. The van der Waals surface area contributed by atoms with Gasteiger partial charge < -0.3 is 10.6 Å². The number of anilines is 1. The number of halogens is 3. The van der Waals surface area contributed by atoms with E-state index in [0.29, 0.717) is 0 Å². The number of imide groups is 1. The first kappa shape index (κ1) is 19.2. The van der Waals surface area contributed by atoms with Crippen molar-refractivity contribution in [3.8, 4) is 0 Å². The molecule has 2 aromatic rings. The maximum absolute atomic E-state index is 12.6. The van der Waals surface area contributed by atoms with Gasteiger partial charge in [0.05, 0.1) is 5.69 Å². The molecular formula is C17H15F3N4O2S. The minimum atomic E-state index is -4.40. The Labute approximate surface area is 157 Å². The first-order valence-electron chi connectivity index (χ1n) is 7.88. The number of carbonyl (C=O) groups is 2. The van der Waals surface area contributed by atoms with Crippen molar-refractivity contribution in [2.45, 2.75) is 23.5 Å². The molecule has 0 aliphatic carbocycles. The maximum atomic E-state index is 12.6. The Hall–Kier alpha value is -2.59. The van der Waals surface area contributed by atoms with E-state index < -0.39 is 17.4 Å². The van der Waals surface area contributed by atoms with Crippen LogP contribution in [0.3, 0.4) is 0 Å². The fourth-order valence-electron chi connectivity index (χ4n) is 2.72. The summed E-state index contributed by atoms with van der Waals surface area (Å²) in [6.45, 7) is 0.323. The third kappa shape index (κ3) is 4.40. The molecule has 3 amide bonds. The van der Waals surface area contributed by atoms with Gasteiger partial charge in [-0.3, -0.25) is 9.78 Å². The van der Waals surface area contributed by atoms with E-state index in [4.69, 9.17) is 5.73 Å². The van der Waals surface area contributed by atoms with Gasteiger partial charge in [0.15, 0.2) is 0 Å². The van der Waals surface area contributed by atoms with E-state index in [1.165, 1.54) is 29.2 Å². The highest BCUT2D eigenvalue weighted by Crippen LogP contribution is 2.37. The second-order valence-corrected chi connectivity index (χ2v) is 6.90. The molecule has 142 valence electrons. The molecule has 0 radical (unpaired) electrons. The second-order valence-electron chi connectivity index (χ2n) is 5.76. The Morgan fingerprint density at radius 1 is 1.11 bits per heavy atom. The van der Waals surface area contributed by atoms with Gasteiger partial charge in [0.2, 0.25) is 0 Å². The predicted molar refractivity (Wildman–Crippen MR) is 93.8 cm³/mol. The summed E-state index contributed by atoms with van der Waals surface area (Å²) in [5.41, 5.74) is 3.04. The van der Waals surface area contributed by atoms with Crippen molar-refractivity contribution in [2.24, 2.45) is 5.73 Å². The molecule has 1 aromatic heterocycles. The third-order valence-electron chi connectivity index (χ3n) is 3.95. The molecule has 27 heavy (non-hydrogen) atoms. The third-order valence-corrected chi connectivity index (χ3v) is 4.69. The quantitative estimate of drug-likeness (QED) is 0.621. The number of alkyl halides is 3. The first-order chi connectivity index (χ1) is 12.8. The van der Waals surface area contributed by atoms with Gasteiger partial charge in [-0.05, 0) is 53.2 Å². The minimum absolute atomic E-state index is 0.0217. The van der Waals surface area contributed by atoms with Crippen LogP contribution in [0.2, 0.25) is 0 Å². The van der Waals surface area contributed by atoms with E-state index in [0.717, 1.165) is 16.0 Å². The lowest BCUT2D eigenvalue weighted by atomic mass is 10.1. The van der Waals surface area contributed by atoms with Crippen LogP contribution in [0.25, 0.3) is 0 Å². The van der Waals surface area contributed by atoms with Crippen LogP contribution in [0.15, 0.2) is 47.6 Å². The molecule has 0 saturated carbocycles. The zero-order chi connectivity index (χ0) is 19.6. The Morgan fingerprint density at radius 3 is 2.44 bits per heavy atom. The molecule has 0 bridgehead atoms. The average molecular weight is 396 g/mol. The highest BCUT2D eigenvalue weighted by atomic mass is 32.2. The van der Waals surface area contributed by atoms with E-state index in [-0.39, 0.29) is 42.0 Å². The topological polar surface area (TPSA) is 79.5 Å². The summed E-state index contributed by atoms with van der Waals surface area (Å²) in [5, 5.41) is 0. The number of aromatic nitrogens is 1. The number of carbonyl (C=O) groups excluding carboxylic acids is 2. The number of rotatable bonds is 5. The molecule has 0 unspecified atom stereocenters. The molecule has 2 N–H and O–H groups in total. The number of hydrogen-bond donors (Lipinski definition) is 1. The van der Waals surface area contributed by atoms with Crippen LogP contribution in [0.5, 0.6) is 0 Å². The van der Waals surface area contributed by atoms with Crippen LogP contribution < -0.4 is 10.6 Å². The molecule has 1 aliphatic rings. The van der Waals surface area contributed by atoms with Crippen molar-refractivity contribution in [2.75, 3.05) is 11.4 Å². The predicted octanol–water partition coefficient (Wildman–Crippen LogP) is 3.12. The molecule has 3 rings (SSSR count). The number of thioether (sulfide) groups is 1. The Kier molecular flexibility index (Phi) is 5.38. The molecule has 0 atom stereocenters. The summed E-state index contributed by atoms with van der Waals surface area (Å²) in [6.07, 6.45) is 3.18. The molecule has 1 aliphatic heterocycles. The maximum Gasteiger partial charge on any atom is 0.446 e. The number of nitrogens with zero attached hydrogens (tertiary/aromatic N) is 3. The van der Waals surface area contributed by atoms with Crippen LogP contribution in [0, 0.1) is 0 Å². The van der Waals surface area contributed by atoms with Gasteiger partial charge in [-0.1, -0.05) is 0 Å². The largest absolute Gasteiger partial charge is 0.446 e. The molecule has 6 nitrogen and oxygen atoms in total. The molecule has 1 fully saturated rings. The van der Waals surface area contributed by atoms with Crippen molar-refractivity contribution in [1.82, 2.24) is 9.88 Å². The van der Waals surface area contributed by atoms with Crippen LogP contribution in [0.1, 0.15) is 11.1 Å². The highest BCUT2D eigenvalue weighted by molar-refractivity contribution is 8.00. The van der Waals surface area contributed by atoms with Crippen molar-refractivity contribution in [3.63, 3.8) is 0 Å². The Balaban J connectivity index is 1.76. The van der Waals surface area contributed by atoms with Crippen molar-refractivity contribution in [1.29, 1.82) is 0 Å². The lowest BCUT2D eigenvalue weighted by Gasteiger charge is -2.18. The summed E-state index contributed by atoms with van der Waals surface area (Å²) in [5.74, 6) is -0.445. The van der Waals surface area contributed by atoms with E-state index in [1.54, 1.807) is 18.5 Å². The molecule has 2 heterocycles. The smallest absolute Gasteiger partial charge is 0.326 e. The zero-order valence-electron chi connectivity index (χ0n) is 13.9. The number of hydrogen-bond acceptors (Lipinski definition) is 5. The summed E-state index contributed by atoms with van der Waals surface area (Å²) >= 11 is -0.257. The Morgan fingerprint density at radius 2 is 1.81 bits per heavy atom. The summed E-state index contributed by atoms with van der Waals surface area (Å²) in [6, 6.07) is 6.30. The number of benzene rings is 1. The summed E-state index contributed by atoms with van der Waals surface area (Å²) in [4.78, 5) is 31.2. The number of pyridine rings is 1. The van der Waals surface area contributed by atoms with Gasteiger partial charge >= 0.3 is 11.5 Å². The molecule has 0 spiro atoms. The van der Waals surface area contributed by atoms with Crippen LogP contribution >= 0.6 is 11.8 Å². The van der Waals surface area contributed by atoms with Gasteiger partial charge in [0, 0.05) is 30.4 Å². The normalized spacial score (nSPS) is 15.0. The van der Waals surface area contributed by atoms with Crippen LogP contribution in [0.4, 0.5) is 23.7 Å². The summed E-state index contributed by atoms with van der Waals surface area (Å²) < 4.78 is 37.2. The standard InChI is InChI=1S/C17H15F3N4O2S/c18-17(19,20)27-14-3-1-13(2-4-14)24-15(25)10-23(16(24)26)9-11-5-6-22-8-12(11)7-21/h1-6,8H,7,9-10,21H2. The first-order valence-corrected chi connectivity index (χ1v) is 8.69. The molecule has 1 aromatic carbocycles. The van der Waals surface area contributed by atoms with Crippen molar-refractivity contribution >= 4 is 29.4 Å². The van der Waals surface area contributed by atoms with Gasteiger partial charge in [-0.15, -0.1) is 0 Å². The van der Waals surface area contributed by atoms with Gasteiger partial charge in [-0.2, -0.15) is 13.2 Å². The zero-order valence-corrected chi connectivity index (χ0v) is 14.8. The number of nitrogens with two attached hydrogens (primary N) is 1. The van der Waals surface area contributed by atoms with Gasteiger partial charge in [-0.25, -0.2) is 9.69 Å². The fraction of sp³-hybridized carbons (Fsp3) is 0.235. The van der Waals surface area contributed by atoms with Crippen molar-refractivity contribution in [3.05, 3.63) is 53.9 Å². The fourth-order valence-corrected chi connectivity index (χ4v) is 3.26. The van der Waals surface area contributed by atoms with E-state index in [9.17, 15) is 22.8 Å². The lowest BCUT2D eigenvalue weighted by Crippen LogP contribution is -2.33. The molecule has 10 heteroatoms. The second kappa shape index (κ2) is 7.57. The monoisotopic (exact) mass is 396 g/mol. The van der Waals surface area contributed by atoms with Gasteiger partial charge in [0.25, 0.3) is 5.91 Å². The van der Waals surface area contributed by atoms with E-state index >= 15 is 0 Å². The van der Waals surface area contributed by atoms with Crippen LogP contribution in [-0.2, 0) is 17.9 Å².